The molecule has 0 saturated heterocycles. The van der Waals surface area contributed by atoms with Gasteiger partial charge in [-0.15, -0.1) is 11.3 Å². The lowest BCUT2D eigenvalue weighted by Gasteiger charge is -2.10. The van der Waals surface area contributed by atoms with Crippen molar-refractivity contribution in [2.75, 3.05) is 5.32 Å². The lowest BCUT2D eigenvalue weighted by atomic mass is 10.3. The molecule has 0 aliphatic carbocycles. The van der Waals surface area contributed by atoms with Crippen molar-refractivity contribution in [1.82, 2.24) is 0 Å². The molecule has 0 spiro atoms. The van der Waals surface area contributed by atoms with E-state index in [-0.39, 0.29) is 5.69 Å². The largest absolute Gasteiger partial charge is 0.341 e. The van der Waals surface area contributed by atoms with Gasteiger partial charge in [0.1, 0.15) is 0 Å². The summed E-state index contributed by atoms with van der Waals surface area (Å²) in [6.45, 7) is 0. The summed E-state index contributed by atoms with van der Waals surface area (Å²) >= 11 is 7.58. The van der Waals surface area contributed by atoms with Crippen molar-refractivity contribution in [3.05, 3.63) is 43.5 Å². The molecule has 118 valence electrons. The molecule has 0 bridgehead atoms. The van der Waals surface area contributed by atoms with E-state index in [0.717, 1.165) is 17.4 Å². The maximum atomic E-state index is 12.7. The van der Waals surface area contributed by atoms with Crippen LogP contribution in [0.3, 0.4) is 0 Å². The fourth-order valence-electron chi connectivity index (χ4n) is 1.56. The highest BCUT2D eigenvalue weighted by molar-refractivity contribution is 9.13. The van der Waals surface area contributed by atoms with Gasteiger partial charge >= 0.3 is 5.76 Å². The van der Waals surface area contributed by atoms with Gasteiger partial charge in [0.25, 0.3) is 5.91 Å². The fourth-order valence-corrected chi connectivity index (χ4v) is 4.37. The van der Waals surface area contributed by atoms with Gasteiger partial charge < -0.3 is 5.32 Å². The van der Waals surface area contributed by atoms with Crippen molar-refractivity contribution < 1.29 is 22.0 Å². The van der Waals surface area contributed by atoms with Gasteiger partial charge in [-0.2, -0.15) is 8.78 Å². The number of sulfone groups is 1. The number of carbonyl (C=O) groups excluding carboxylic acids is 1. The maximum Gasteiger partial charge on any atom is 0.341 e. The summed E-state index contributed by atoms with van der Waals surface area (Å²) in [5, 5.41) is 2.35. The van der Waals surface area contributed by atoms with Gasteiger partial charge in [-0.1, -0.05) is 12.1 Å². The van der Waals surface area contributed by atoms with E-state index in [1.807, 2.05) is 0 Å². The standard InChI is InChI=1S/C12H7Br2F2NO3S2/c13-6-5-8(21-10(6)14)11(18)17-7-3-1-2-4-9(7)22(19,20)12(15)16/h1-5,12H,(H,17,18). The van der Waals surface area contributed by atoms with Crippen LogP contribution in [0.5, 0.6) is 0 Å². The molecule has 4 nitrogen and oxygen atoms in total. The molecule has 0 saturated carbocycles. The van der Waals surface area contributed by atoms with Gasteiger partial charge in [0, 0.05) is 4.47 Å². The Balaban J connectivity index is 2.37. The Labute approximate surface area is 145 Å². The number of anilines is 1. The first-order valence-electron chi connectivity index (χ1n) is 5.60. The van der Waals surface area contributed by atoms with E-state index in [2.05, 4.69) is 37.2 Å². The van der Waals surface area contributed by atoms with Gasteiger partial charge in [-0.05, 0) is 50.1 Å². The Morgan fingerprint density at radius 1 is 1.23 bits per heavy atom. The summed E-state index contributed by atoms with van der Waals surface area (Å²) in [4.78, 5) is 11.8. The van der Waals surface area contributed by atoms with E-state index in [0.29, 0.717) is 13.1 Å². The molecule has 1 heterocycles. The van der Waals surface area contributed by atoms with Crippen LogP contribution in [0.25, 0.3) is 0 Å². The van der Waals surface area contributed by atoms with E-state index in [1.165, 1.54) is 24.3 Å². The summed E-state index contributed by atoms with van der Waals surface area (Å²) in [5.74, 6) is -4.15. The van der Waals surface area contributed by atoms with Crippen molar-refractivity contribution in [2.45, 2.75) is 10.7 Å². The topological polar surface area (TPSA) is 63.2 Å². The molecule has 2 rings (SSSR count). The number of thiophene rings is 1. The zero-order valence-electron chi connectivity index (χ0n) is 10.5. The minimum atomic E-state index is -4.80. The van der Waals surface area contributed by atoms with Crippen LogP contribution in [0.1, 0.15) is 9.67 Å². The normalized spacial score (nSPS) is 11.7. The Kier molecular flexibility index (Phi) is 5.36. The molecule has 0 fully saturated rings. The van der Waals surface area contributed by atoms with Gasteiger partial charge in [-0.25, -0.2) is 8.42 Å². The van der Waals surface area contributed by atoms with E-state index in [1.54, 1.807) is 0 Å². The van der Waals surface area contributed by atoms with Crippen molar-refractivity contribution >= 4 is 64.6 Å². The molecular formula is C12H7Br2F2NO3S2. The smallest absolute Gasteiger partial charge is 0.320 e. The zero-order valence-corrected chi connectivity index (χ0v) is 15.3. The molecule has 0 radical (unpaired) electrons. The summed E-state index contributed by atoms with van der Waals surface area (Å²) in [6.07, 6.45) is 0. The van der Waals surface area contributed by atoms with Gasteiger partial charge in [0.15, 0.2) is 0 Å². The van der Waals surface area contributed by atoms with Crippen LogP contribution in [0, 0.1) is 0 Å². The van der Waals surface area contributed by atoms with Crippen LogP contribution in [-0.4, -0.2) is 20.1 Å². The quantitative estimate of drug-likeness (QED) is 0.708. The number of rotatable bonds is 4. The monoisotopic (exact) mass is 473 g/mol. The third-order valence-corrected chi connectivity index (χ3v) is 7.24. The second kappa shape index (κ2) is 6.73. The molecule has 1 amide bonds. The number of alkyl halides is 2. The van der Waals surface area contributed by atoms with Crippen LogP contribution in [0.15, 0.2) is 43.5 Å². The van der Waals surface area contributed by atoms with Crippen LogP contribution in [-0.2, 0) is 9.84 Å². The summed E-state index contributed by atoms with van der Waals surface area (Å²) in [7, 11) is -4.80. The summed E-state index contributed by atoms with van der Waals surface area (Å²) in [6, 6.07) is 6.57. The molecule has 1 aromatic heterocycles. The molecule has 1 aromatic carbocycles. The lowest BCUT2D eigenvalue weighted by Crippen LogP contribution is -2.17. The minimum absolute atomic E-state index is 0.187. The fraction of sp³-hybridized carbons (Fsp3) is 0.0833. The molecule has 1 N–H and O–H groups in total. The Morgan fingerprint density at radius 3 is 2.41 bits per heavy atom. The molecule has 22 heavy (non-hydrogen) atoms. The third-order valence-electron chi connectivity index (χ3n) is 2.55. The number of halogens is 4. The van der Waals surface area contributed by atoms with Crippen LogP contribution in [0.2, 0.25) is 0 Å². The van der Waals surface area contributed by atoms with Crippen LogP contribution < -0.4 is 5.32 Å². The number of amides is 1. The highest BCUT2D eigenvalue weighted by Crippen LogP contribution is 2.33. The maximum absolute atomic E-state index is 12.7. The SMILES string of the molecule is O=C(Nc1ccccc1S(=O)(=O)C(F)F)c1cc(Br)c(Br)s1. The predicted octanol–water partition coefficient (Wildman–Crippen LogP) is 4.52. The van der Waals surface area contributed by atoms with Crippen molar-refractivity contribution in [2.24, 2.45) is 0 Å². The molecular weight excluding hydrogens is 468 g/mol. The summed E-state index contributed by atoms with van der Waals surface area (Å²) < 4.78 is 49.9. The van der Waals surface area contributed by atoms with Gasteiger partial charge in [0.2, 0.25) is 9.84 Å². The number of carbonyl (C=O) groups is 1. The number of benzene rings is 1. The number of para-hydroxylation sites is 1. The minimum Gasteiger partial charge on any atom is -0.320 e. The average molecular weight is 475 g/mol. The van der Waals surface area contributed by atoms with E-state index < -0.39 is 26.4 Å². The Hall–Kier alpha value is -0.840. The van der Waals surface area contributed by atoms with Crippen molar-refractivity contribution in [3.8, 4) is 0 Å². The van der Waals surface area contributed by atoms with E-state index >= 15 is 0 Å². The Morgan fingerprint density at radius 2 is 1.86 bits per heavy atom. The predicted molar refractivity (Wildman–Crippen MR) is 87.3 cm³/mol. The summed E-state index contributed by atoms with van der Waals surface area (Å²) in [5.41, 5.74) is -0.187. The highest BCUT2D eigenvalue weighted by Gasteiger charge is 2.29. The number of hydrogen-bond donors (Lipinski definition) is 1. The second-order valence-corrected chi connectivity index (χ2v) is 9.10. The van der Waals surface area contributed by atoms with Crippen molar-refractivity contribution in [3.63, 3.8) is 0 Å². The second-order valence-electron chi connectivity index (χ2n) is 3.99. The first-order chi connectivity index (χ1) is 10.2. The van der Waals surface area contributed by atoms with Crippen LogP contribution >= 0.6 is 43.2 Å². The molecule has 0 atom stereocenters. The highest BCUT2D eigenvalue weighted by atomic mass is 79.9. The zero-order chi connectivity index (χ0) is 16.5. The van der Waals surface area contributed by atoms with Crippen LogP contribution in [0.4, 0.5) is 14.5 Å². The van der Waals surface area contributed by atoms with Gasteiger partial charge in [0.05, 0.1) is 19.2 Å². The molecule has 0 aliphatic heterocycles. The first-order valence-corrected chi connectivity index (χ1v) is 9.55. The molecule has 0 aliphatic rings. The molecule has 0 unspecified atom stereocenters. The van der Waals surface area contributed by atoms with Gasteiger partial charge in [-0.3, -0.25) is 4.79 Å². The number of nitrogens with one attached hydrogen (secondary N) is 1. The number of hydrogen-bond acceptors (Lipinski definition) is 4. The van der Waals surface area contributed by atoms with Crippen molar-refractivity contribution in [1.29, 1.82) is 0 Å². The average Bonchev–Trinajstić information content (AvgIpc) is 2.79. The first kappa shape index (κ1) is 17.5. The Bertz CT molecular complexity index is 802. The van der Waals surface area contributed by atoms with E-state index in [9.17, 15) is 22.0 Å². The third kappa shape index (κ3) is 3.55. The van der Waals surface area contributed by atoms with E-state index in [4.69, 9.17) is 0 Å². The lowest BCUT2D eigenvalue weighted by molar-refractivity contribution is 0.103. The molecule has 2 aromatic rings. The molecule has 10 heteroatoms.